The third kappa shape index (κ3) is 6.71. The molecule has 0 unspecified atom stereocenters. The van der Waals surface area contributed by atoms with Crippen molar-refractivity contribution >= 4 is 40.5 Å². The third-order valence-corrected chi connectivity index (χ3v) is 6.02. The normalized spacial score (nSPS) is 10.6. The van der Waals surface area contributed by atoms with Crippen LogP contribution in [0.1, 0.15) is 27.0 Å². The number of nitrogens with one attached hydrogen (secondary N) is 3. The summed E-state index contributed by atoms with van der Waals surface area (Å²) in [6.45, 7) is 2.25. The van der Waals surface area contributed by atoms with E-state index in [-0.39, 0.29) is 28.1 Å². The number of urea groups is 1. The molecule has 0 spiro atoms. The molecule has 0 saturated heterocycles. The fraction of sp³-hybridized carbons (Fsp3) is 0.103. The number of carbonyl (C=O) groups is 2. The maximum Gasteiger partial charge on any atom is 0.319 e. The van der Waals surface area contributed by atoms with Gasteiger partial charge >= 0.3 is 6.03 Å². The number of halogens is 3. The van der Waals surface area contributed by atoms with Crippen LogP contribution in [0.15, 0.2) is 84.9 Å². The number of aryl methyl sites for hydroxylation is 1. The molecule has 3 N–H and O–H groups in total. The molecule has 0 heterocycles. The number of carbonyl (C=O) groups excluding carboxylic acids is 2. The summed E-state index contributed by atoms with van der Waals surface area (Å²) >= 11 is 6.40. The minimum Gasteiger partial charge on any atom is -0.353 e. The Bertz CT molecular complexity index is 1440. The SMILES string of the molecule is Cc1ccc(NC(=O)NCCc2ccccc2)cc1C(=O)c1ccc(Nc2ccc(F)cc2F)cc1Cl. The molecule has 0 aromatic heterocycles. The molecule has 0 bridgehead atoms. The Kier molecular flexibility index (Phi) is 8.15. The van der Waals surface area contributed by atoms with Crippen molar-refractivity contribution in [2.45, 2.75) is 13.3 Å². The molecule has 0 aliphatic heterocycles. The van der Waals surface area contributed by atoms with E-state index in [0.29, 0.717) is 35.5 Å². The summed E-state index contributed by atoms with van der Waals surface area (Å²) in [5, 5.41) is 8.55. The molecule has 4 aromatic rings. The molecule has 4 aromatic carbocycles. The minimum atomic E-state index is -0.750. The van der Waals surface area contributed by atoms with E-state index in [1.54, 1.807) is 31.2 Å². The zero-order chi connectivity index (χ0) is 26.4. The first kappa shape index (κ1) is 25.9. The highest BCUT2D eigenvalue weighted by Gasteiger charge is 2.17. The van der Waals surface area contributed by atoms with Crippen molar-refractivity contribution in [3.8, 4) is 0 Å². The lowest BCUT2D eigenvalue weighted by atomic mass is 9.98. The fourth-order valence-corrected chi connectivity index (χ4v) is 4.02. The van der Waals surface area contributed by atoms with Gasteiger partial charge < -0.3 is 16.0 Å². The Morgan fingerprint density at radius 2 is 1.59 bits per heavy atom. The first-order chi connectivity index (χ1) is 17.8. The van der Waals surface area contributed by atoms with Gasteiger partial charge in [-0.05, 0) is 66.9 Å². The molecular weight excluding hydrogens is 496 g/mol. The molecule has 5 nitrogen and oxygen atoms in total. The maximum absolute atomic E-state index is 14.0. The van der Waals surface area contributed by atoms with Crippen molar-refractivity contribution in [1.82, 2.24) is 5.32 Å². The van der Waals surface area contributed by atoms with Gasteiger partial charge in [-0.3, -0.25) is 4.79 Å². The predicted octanol–water partition coefficient (Wildman–Crippen LogP) is 7.27. The molecule has 0 fully saturated rings. The van der Waals surface area contributed by atoms with Gasteiger partial charge in [0, 0.05) is 35.1 Å². The molecule has 4 rings (SSSR count). The van der Waals surface area contributed by atoms with Crippen LogP contribution in [0.3, 0.4) is 0 Å². The number of rotatable bonds is 8. The zero-order valence-corrected chi connectivity index (χ0v) is 20.7. The second kappa shape index (κ2) is 11.7. The summed E-state index contributed by atoms with van der Waals surface area (Å²) in [6, 6.07) is 22.3. The van der Waals surface area contributed by atoms with Crippen molar-refractivity contribution in [2.75, 3.05) is 17.2 Å². The second-order valence-corrected chi connectivity index (χ2v) is 8.83. The average molecular weight is 520 g/mol. The van der Waals surface area contributed by atoms with Gasteiger partial charge in [-0.15, -0.1) is 0 Å². The second-order valence-electron chi connectivity index (χ2n) is 8.42. The van der Waals surface area contributed by atoms with Gasteiger partial charge in [-0.25, -0.2) is 13.6 Å². The summed E-state index contributed by atoms with van der Waals surface area (Å²) in [6.07, 6.45) is 0.697. The Balaban J connectivity index is 1.43. The molecule has 0 aliphatic rings. The highest BCUT2D eigenvalue weighted by Crippen LogP contribution is 2.28. The molecule has 2 amide bonds. The minimum absolute atomic E-state index is 0.0770. The van der Waals surface area contributed by atoms with Gasteiger partial charge in [0.05, 0.1) is 10.7 Å². The molecule has 188 valence electrons. The van der Waals surface area contributed by atoms with Gasteiger partial charge in [-0.2, -0.15) is 0 Å². The van der Waals surface area contributed by atoms with E-state index in [9.17, 15) is 18.4 Å². The highest BCUT2D eigenvalue weighted by molar-refractivity contribution is 6.35. The van der Waals surface area contributed by atoms with Crippen LogP contribution in [-0.2, 0) is 6.42 Å². The van der Waals surface area contributed by atoms with Crippen molar-refractivity contribution < 1.29 is 18.4 Å². The van der Waals surface area contributed by atoms with Crippen molar-refractivity contribution in [1.29, 1.82) is 0 Å². The van der Waals surface area contributed by atoms with E-state index >= 15 is 0 Å². The summed E-state index contributed by atoms with van der Waals surface area (Å²) in [7, 11) is 0. The Hall–Kier alpha value is -4.23. The lowest BCUT2D eigenvalue weighted by molar-refractivity contribution is 0.103. The third-order valence-electron chi connectivity index (χ3n) is 5.71. The van der Waals surface area contributed by atoms with Crippen LogP contribution >= 0.6 is 11.6 Å². The predicted molar refractivity (Wildman–Crippen MR) is 143 cm³/mol. The van der Waals surface area contributed by atoms with E-state index in [4.69, 9.17) is 11.6 Å². The van der Waals surface area contributed by atoms with Crippen LogP contribution in [0.25, 0.3) is 0 Å². The van der Waals surface area contributed by atoms with Crippen LogP contribution in [0, 0.1) is 18.6 Å². The number of benzene rings is 4. The van der Waals surface area contributed by atoms with E-state index in [2.05, 4.69) is 16.0 Å². The van der Waals surface area contributed by atoms with E-state index in [0.717, 1.165) is 17.7 Å². The van der Waals surface area contributed by atoms with Crippen LogP contribution in [-0.4, -0.2) is 18.4 Å². The molecule has 0 atom stereocenters. The zero-order valence-electron chi connectivity index (χ0n) is 19.9. The maximum atomic E-state index is 14.0. The fourth-order valence-electron chi connectivity index (χ4n) is 3.75. The number of hydrogen-bond donors (Lipinski definition) is 3. The molecule has 0 saturated carbocycles. The molecule has 37 heavy (non-hydrogen) atoms. The monoisotopic (exact) mass is 519 g/mol. The first-order valence-corrected chi connectivity index (χ1v) is 11.9. The first-order valence-electron chi connectivity index (χ1n) is 11.6. The molecule has 8 heteroatoms. The van der Waals surface area contributed by atoms with Crippen LogP contribution < -0.4 is 16.0 Å². The topological polar surface area (TPSA) is 70.2 Å². The largest absolute Gasteiger partial charge is 0.353 e. The van der Waals surface area contributed by atoms with Crippen LogP contribution in [0.5, 0.6) is 0 Å². The van der Waals surface area contributed by atoms with Crippen molar-refractivity contribution in [3.05, 3.63) is 124 Å². The summed E-state index contributed by atoms with van der Waals surface area (Å²) in [5.41, 5.74) is 3.44. The number of anilines is 3. The lowest BCUT2D eigenvalue weighted by Gasteiger charge is -2.13. The van der Waals surface area contributed by atoms with E-state index < -0.39 is 11.6 Å². The van der Waals surface area contributed by atoms with Gasteiger partial charge in [-0.1, -0.05) is 48.0 Å². The van der Waals surface area contributed by atoms with Gasteiger partial charge in [0.1, 0.15) is 11.6 Å². The van der Waals surface area contributed by atoms with Crippen molar-refractivity contribution in [3.63, 3.8) is 0 Å². The molecular formula is C29H24ClF2N3O2. The van der Waals surface area contributed by atoms with Gasteiger partial charge in [0.25, 0.3) is 0 Å². The van der Waals surface area contributed by atoms with Crippen molar-refractivity contribution in [2.24, 2.45) is 0 Å². The average Bonchev–Trinajstić information content (AvgIpc) is 2.87. The smallest absolute Gasteiger partial charge is 0.319 e. The van der Waals surface area contributed by atoms with Crippen LogP contribution in [0.2, 0.25) is 5.02 Å². The molecule has 0 aliphatic carbocycles. The summed E-state index contributed by atoms with van der Waals surface area (Å²) < 4.78 is 27.1. The van der Waals surface area contributed by atoms with E-state index in [1.807, 2.05) is 30.3 Å². The summed E-state index contributed by atoms with van der Waals surface area (Å²) in [4.78, 5) is 25.6. The Morgan fingerprint density at radius 3 is 2.32 bits per heavy atom. The van der Waals surface area contributed by atoms with Crippen LogP contribution in [0.4, 0.5) is 30.6 Å². The quantitative estimate of drug-likeness (QED) is 0.214. The highest BCUT2D eigenvalue weighted by atomic mass is 35.5. The number of hydrogen-bond acceptors (Lipinski definition) is 3. The Morgan fingerprint density at radius 1 is 0.838 bits per heavy atom. The van der Waals surface area contributed by atoms with Gasteiger partial charge in [0.2, 0.25) is 0 Å². The Labute approximate surface area is 218 Å². The summed E-state index contributed by atoms with van der Waals surface area (Å²) in [5.74, 6) is -1.76. The van der Waals surface area contributed by atoms with Gasteiger partial charge in [0.15, 0.2) is 5.78 Å². The number of ketones is 1. The lowest BCUT2D eigenvalue weighted by Crippen LogP contribution is -2.30. The number of amides is 2. The van der Waals surface area contributed by atoms with E-state index in [1.165, 1.54) is 18.2 Å². The molecule has 0 radical (unpaired) electrons. The standard InChI is InChI=1S/C29H24ClF2N3O2/c1-18-7-9-21(35-29(37)33-14-13-19-5-3-2-4-6-19)16-24(18)28(36)23-11-10-22(17-25(23)30)34-27-12-8-20(31)15-26(27)32/h2-12,15-17,34H,13-14H2,1H3,(H2,33,35,37).